The fourth-order valence-corrected chi connectivity index (χ4v) is 10.5. The standard InChI is InChI=1S/C21H22N4O2S.C21H22N4S/c26-28(27,13-14-6-2-1-3-7-14)21-23-20(24-25-21)22-19-17-10-4-8-15(17)12-16-9-5-11-18(16)19;1-2-6-14(7-3-1)13-26-21-23-20(24-25-21)22-19-17-10-4-8-15(17)12-16-9-5-11-18(16)19/h1-3,6-7,12H,4-5,8-11,13H2,(H2,22,23,24,25);1-3,6-7,12H,4-5,8-11,13H2,(H2,22,23,24,25). The molecule has 276 valence electrons. The van der Waals surface area contributed by atoms with Gasteiger partial charge in [0.1, 0.15) is 0 Å². The molecular formula is C42H44N8O2S2. The second kappa shape index (κ2) is 15.1. The summed E-state index contributed by atoms with van der Waals surface area (Å²) in [5.74, 6) is 1.86. The Kier molecular flexibility index (Phi) is 9.71. The van der Waals surface area contributed by atoms with E-state index in [2.05, 4.69) is 77.4 Å². The predicted molar refractivity (Wildman–Crippen MR) is 214 cm³/mol. The van der Waals surface area contributed by atoms with E-state index in [0.29, 0.717) is 5.95 Å². The molecule has 0 fully saturated rings. The zero-order valence-electron chi connectivity index (χ0n) is 30.2. The number of rotatable bonds is 10. The van der Waals surface area contributed by atoms with Crippen LogP contribution in [0.3, 0.4) is 0 Å². The molecule has 2 heterocycles. The highest BCUT2D eigenvalue weighted by molar-refractivity contribution is 7.98. The van der Waals surface area contributed by atoms with E-state index in [4.69, 9.17) is 0 Å². The van der Waals surface area contributed by atoms with E-state index in [1.54, 1.807) is 23.9 Å². The van der Waals surface area contributed by atoms with Gasteiger partial charge >= 0.3 is 0 Å². The normalized spacial score (nSPS) is 15.3. The first-order valence-corrected chi connectivity index (χ1v) is 21.8. The smallest absolute Gasteiger partial charge is 0.247 e. The average molecular weight is 757 g/mol. The Morgan fingerprint density at radius 1 is 0.593 bits per heavy atom. The van der Waals surface area contributed by atoms with Crippen LogP contribution in [-0.4, -0.2) is 38.8 Å². The quantitative estimate of drug-likeness (QED) is 0.102. The van der Waals surface area contributed by atoms with Gasteiger partial charge in [-0.05, 0) is 133 Å². The Morgan fingerprint density at radius 3 is 1.67 bits per heavy atom. The first-order chi connectivity index (χ1) is 26.5. The van der Waals surface area contributed by atoms with Crippen molar-refractivity contribution in [1.82, 2.24) is 30.4 Å². The van der Waals surface area contributed by atoms with Crippen molar-refractivity contribution in [2.75, 3.05) is 10.6 Å². The molecule has 0 bridgehead atoms. The van der Waals surface area contributed by atoms with Crippen LogP contribution in [0.5, 0.6) is 0 Å². The lowest BCUT2D eigenvalue weighted by molar-refractivity contribution is 0.587. The monoisotopic (exact) mass is 756 g/mol. The maximum atomic E-state index is 12.7. The lowest BCUT2D eigenvalue weighted by Gasteiger charge is -2.15. The van der Waals surface area contributed by atoms with Crippen LogP contribution >= 0.6 is 11.8 Å². The van der Waals surface area contributed by atoms with Gasteiger partial charge < -0.3 is 10.6 Å². The van der Waals surface area contributed by atoms with Gasteiger partial charge in [-0.2, -0.15) is 9.97 Å². The maximum Gasteiger partial charge on any atom is 0.247 e. The summed E-state index contributed by atoms with van der Waals surface area (Å²) in [7, 11) is -3.58. The van der Waals surface area contributed by atoms with Crippen molar-refractivity contribution in [2.45, 2.75) is 98.9 Å². The molecule has 10 nitrogen and oxygen atoms in total. The van der Waals surface area contributed by atoms with Crippen LogP contribution in [0.2, 0.25) is 0 Å². The van der Waals surface area contributed by atoms with E-state index in [-0.39, 0.29) is 10.9 Å². The number of hydrogen-bond donors (Lipinski definition) is 4. The second-order valence-corrected chi connectivity index (χ2v) is 17.5. The molecule has 4 aliphatic carbocycles. The number of fused-ring (bicyclic) bond motifs is 4. The first-order valence-electron chi connectivity index (χ1n) is 19.1. The van der Waals surface area contributed by atoms with Crippen molar-refractivity contribution in [3.05, 3.63) is 128 Å². The van der Waals surface area contributed by atoms with Crippen LogP contribution in [-0.2, 0) is 72.7 Å². The summed E-state index contributed by atoms with van der Waals surface area (Å²) in [6.07, 6.45) is 14.0. The molecule has 0 amide bonds. The Hall–Kier alpha value is -4.94. The lowest BCUT2D eigenvalue weighted by atomic mass is 9.99. The van der Waals surface area contributed by atoms with E-state index in [0.717, 1.165) is 66.6 Å². The highest BCUT2D eigenvalue weighted by Crippen LogP contribution is 2.41. The van der Waals surface area contributed by atoms with E-state index in [1.165, 1.54) is 94.3 Å². The number of nitrogens with one attached hydrogen (secondary N) is 4. The Morgan fingerprint density at radius 2 is 1.11 bits per heavy atom. The van der Waals surface area contributed by atoms with Gasteiger partial charge in [-0.25, -0.2) is 18.6 Å². The molecule has 0 saturated carbocycles. The Bertz CT molecular complexity index is 2340. The molecule has 12 heteroatoms. The van der Waals surface area contributed by atoms with Crippen molar-refractivity contribution >= 4 is 44.9 Å². The number of aryl methyl sites for hydroxylation is 4. The Labute approximate surface area is 320 Å². The molecule has 0 aliphatic heterocycles. The third kappa shape index (κ3) is 7.29. The van der Waals surface area contributed by atoms with Crippen molar-refractivity contribution in [1.29, 1.82) is 0 Å². The predicted octanol–water partition coefficient (Wildman–Crippen LogP) is 8.32. The van der Waals surface area contributed by atoms with Crippen LogP contribution in [0.15, 0.2) is 83.1 Å². The minimum Gasteiger partial charge on any atom is -0.324 e. The van der Waals surface area contributed by atoms with Crippen LogP contribution in [0.4, 0.5) is 23.3 Å². The van der Waals surface area contributed by atoms with Gasteiger partial charge in [0.25, 0.3) is 0 Å². The van der Waals surface area contributed by atoms with Gasteiger partial charge in [-0.1, -0.05) is 84.6 Å². The number of nitrogens with zero attached hydrogens (tertiary/aromatic N) is 4. The average Bonchev–Trinajstić information content (AvgIpc) is 4.04. The number of sulfone groups is 1. The zero-order chi connectivity index (χ0) is 36.5. The number of H-pyrrole nitrogens is 2. The third-order valence-electron chi connectivity index (χ3n) is 11.1. The molecule has 0 spiro atoms. The summed E-state index contributed by atoms with van der Waals surface area (Å²) in [5.41, 5.74) is 16.0. The first kappa shape index (κ1) is 34.8. The molecule has 2 aromatic heterocycles. The minimum atomic E-state index is -3.58. The summed E-state index contributed by atoms with van der Waals surface area (Å²) in [4.78, 5) is 8.92. The highest BCUT2D eigenvalue weighted by atomic mass is 32.2. The number of benzene rings is 4. The minimum absolute atomic E-state index is 0.0944. The molecular weight excluding hydrogens is 713 g/mol. The number of anilines is 4. The van der Waals surface area contributed by atoms with Crippen molar-refractivity contribution < 1.29 is 8.42 Å². The molecule has 4 aromatic carbocycles. The van der Waals surface area contributed by atoms with Crippen molar-refractivity contribution in [2.24, 2.45) is 0 Å². The maximum absolute atomic E-state index is 12.7. The SMILES string of the molecule is O=S(=O)(Cc1ccccc1)c1nc(Nc2c3c(cc4c2CCC4)CCC3)n[nH]1.c1ccc(CSc2n[nH]c(Nc3c4c(cc5c3CCC5)CCC4)n2)cc1. The van der Waals surface area contributed by atoms with E-state index in [9.17, 15) is 8.42 Å². The molecule has 4 N–H and O–H groups in total. The van der Waals surface area contributed by atoms with Gasteiger partial charge in [0.2, 0.25) is 32.0 Å². The molecule has 0 unspecified atom stereocenters. The molecule has 0 atom stereocenters. The summed E-state index contributed by atoms with van der Waals surface area (Å²) in [5, 5.41) is 21.8. The summed E-state index contributed by atoms with van der Waals surface area (Å²) < 4.78 is 25.4. The van der Waals surface area contributed by atoms with Gasteiger partial charge in [-0.3, -0.25) is 0 Å². The van der Waals surface area contributed by atoms with Gasteiger partial charge in [0.15, 0.2) is 0 Å². The zero-order valence-corrected chi connectivity index (χ0v) is 31.9. The van der Waals surface area contributed by atoms with Crippen LogP contribution in [0, 0.1) is 0 Å². The van der Waals surface area contributed by atoms with Crippen molar-refractivity contribution in [3.63, 3.8) is 0 Å². The molecule has 4 aliphatic rings. The van der Waals surface area contributed by atoms with E-state index >= 15 is 0 Å². The summed E-state index contributed by atoms with van der Waals surface area (Å²) >= 11 is 1.66. The fraction of sp³-hybridized carbons (Fsp3) is 0.333. The topological polar surface area (TPSA) is 141 Å². The molecule has 0 saturated heterocycles. The molecule has 0 radical (unpaired) electrons. The van der Waals surface area contributed by atoms with Gasteiger partial charge in [0, 0.05) is 17.1 Å². The van der Waals surface area contributed by atoms with Crippen LogP contribution in [0.25, 0.3) is 0 Å². The summed E-state index contributed by atoms with van der Waals surface area (Å²) in [6, 6.07) is 24.4. The largest absolute Gasteiger partial charge is 0.324 e. The summed E-state index contributed by atoms with van der Waals surface area (Å²) in [6.45, 7) is 0. The second-order valence-electron chi connectivity index (χ2n) is 14.7. The highest BCUT2D eigenvalue weighted by Gasteiger charge is 2.27. The number of aromatic amines is 2. The number of hydrogen-bond acceptors (Lipinski definition) is 9. The third-order valence-corrected chi connectivity index (χ3v) is 13.5. The van der Waals surface area contributed by atoms with Gasteiger partial charge in [-0.15, -0.1) is 10.2 Å². The van der Waals surface area contributed by atoms with Crippen LogP contribution in [0.1, 0.15) is 81.3 Å². The van der Waals surface area contributed by atoms with Crippen molar-refractivity contribution in [3.8, 4) is 0 Å². The molecule has 6 aromatic rings. The van der Waals surface area contributed by atoms with Crippen LogP contribution < -0.4 is 10.6 Å². The van der Waals surface area contributed by atoms with E-state index < -0.39 is 9.84 Å². The van der Waals surface area contributed by atoms with E-state index in [1.807, 2.05) is 24.3 Å². The fourth-order valence-electron chi connectivity index (χ4n) is 8.56. The lowest BCUT2D eigenvalue weighted by Crippen LogP contribution is -2.07. The molecule has 10 rings (SSSR count). The Balaban J connectivity index is 0.000000143. The number of aromatic nitrogens is 6. The van der Waals surface area contributed by atoms with Gasteiger partial charge in [0.05, 0.1) is 5.75 Å². The molecule has 54 heavy (non-hydrogen) atoms. The number of thioether (sulfide) groups is 1.